The third kappa shape index (κ3) is 7.19. The van der Waals surface area contributed by atoms with Gasteiger partial charge in [0.05, 0.1) is 0 Å². The molecule has 3 N–H and O–H groups in total. The van der Waals surface area contributed by atoms with E-state index in [0.717, 1.165) is 12.8 Å². The molecule has 0 aromatic heterocycles. The number of hydrogen-bond donors (Lipinski definition) is 2. The number of unbranched alkanes of at least 4 members (excludes halogenated alkanes) is 1. The highest BCUT2D eigenvalue weighted by atomic mass is 16.2. The molecule has 2 atom stereocenters. The molecule has 0 aliphatic rings. The molecule has 0 rings (SSSR count). The van der Waals surface area contributed by atoms with Gasteiger partial charge in [0.2, 0.25) is 11.8 Å². The van der Waals surface area contributed by atoms with E-state index in [4.69, 9.17) is 5.73 Å². The van der Waals surface area contributed by atoms with Gasteiger partial charge in [0.1, 0.15) is 0 Å². The van der Waals surface area contributed by atoms with Crippen molar-refractivity contribution in [2.45, 2.75) is 60.3 Å². The molecular weight excluding hydrogens is 240 g/mol. The summed E-state index contributed by atoms with van der Waals surface area (Å²) in [6.45, 7) is 10.8. The van der Waals surface area contributed by atoms with Gasteiger partial charge in [0, 0.05) is 18.4 Å². The lowest BCUT2D eigenvalue weighted by Crippen LogP contribution is -2.42. The number of nitrogens with one attached hydrogen (secondary N) is 1. The van der Waals surface area contributed by atoms with Crippen molar-refractivity contribution in [3.63, 3.8) is 0 Å². The fraction of sp³-hybridized carbons (Fsp3) is 0.867. The SMILES string of the molecule is CCCC[C@H](C(N)=O)C(CC(C)(C)C)C(=O)NCC. The molecule has 0 heterocycles. The summed E-state index contributed by atoms with van der Waals surface area (Å²) < 4.78 is 0. The maximum atomic E-state index is 12.2. The van der Waals surface area contributed by atoms with Crippen LogP contribution in [0.3, 0.4) is 0 Å². The minimum Gasteiger partial charge on any atom is -0.369 e. The van der Waals surface area contributed by atoms with Crippen LogP contribution in [0.15, 0.2) is 0 Å². The summed E-state index contributed by atoms with van der Waals surface area (Å²) in [6.07, 6.45) is 3.30. The van der Waals surface area contributed by atoms with E-state index in [1.54, 1.807) is 0 Å². The van der Waals surface area contributed by atoms with Gasteiger partial charge in [-0.05, 0) is 25.2 Å². The van der Waals surface area contributed by atoms with E-state index in [9.17, 15) is 9.59 Å². The predicted octanol–water partition coefficient (Wildman–Crippen LogP) is 2.47. The Morgan fingerprint density at radius 3 is 2.11 bits per heavy atom. The highest BCUT2D eigenvalue weighted by Crippen LogP contribution is 2.31. The van der Waals surface area contributed by atoms with Crippen LogP contribution >= 0.6 is 0 Å². The van der Waals surface area contributed by atoms with Crippen molar-refractivity contribution in [1.82, 2.24) is 5.32 Å². The Morgan fingerprint density at radius 2 is 1.74 bits per heavy atom. The molecule has 0 spiro atoms. The average molecular weight is 270 g/mol. The third-order valence-electron chi connectivity index (χ3n) is 3.24. The average Bonchev–Trinajstić information content (AvgIpc) is 2.26. The third-order valence-corrected chi connectivity index (χ3v) is 3.24. The number of primary amides is 1. The molecule has 0 aliphatic heterocycles. The number of hydrogen-bond acceptors (Lipinski definition) is 2. The summed E-state index contributed by atoms with van der Waals surface area (Å²) >= 11 is 0. The Morgan fingerprint density at radius 1 is 1.16 bits per heavy atom. The Bertz CT molecular complexity index is 295. The van der Waals surface area contributed by atoms with Crippen molar-refractivity contribution in [1.29, 1.82) is 0 Å². The molecule has 112 valence electrons. The lowest BCUT2D eigenvalue weighted by molar-refractivity contribution is -0.134. The Labute approximate surface area is 117 Å². The quantitative estimate of drug-likeness (QED) is 0.711. The van der Waals surface area contributed by atoms with Crippen molar-refractivity contribution in [3.05, 3.63) is 0 Å². The van der Waals surface area contributed by atoms with Crippen molar-refractivity contribution in [2.75, 3.05) is 6.54 Å². The van der Waals surface area contributed by atoms with Gasteiger partial charge in [-0.25, -0.2) is 0 Å². The number of carbonyl (C=O) groups excluding carboxylic acids is 2. The Hall–Kier alpha value is -1.06. The lowest BCUT2D eigenvalue weighted by Gasteiger charge is -2.30. The van der Waals surface area contributed by atoms with Crippen molar-refractivity contribution >= 4 is 11.8 Å². The van der Waals surface area contributed by atoms with Gasteiger partial charge >= 0.3 is 0 Å². The van der Waals surface area contributed by atoms with E-state index in [-0.39, 0.29) is 29.1 Å². The maximum Gasteiger partial charge on any atom is 0.223 e. The molecule has 4 nitrogen and oxygen atoms in total. The normalized spacial score (nSPS) is 14.8. The fourth-order valence-corrected chi connectivity index (χ4v) is 2.35. The van der Waals surface area contributed by atoms with Crippen molar-refractivity contribution in [2.24, 2.45) is 23.0 Å². The van der Waals surface area contributed by atoms with Gasteiger partial charge in [-0.15, -0.1) is 0 Å². The van der Waals surface area contributed by atoms with Crippen LogP contribution < -0.4 is 11.1 Å². The lowest BCUT2D eigenvalue weighted by atomic mass is 9.76. The van der Waals surface area contributed by atoms with Crippen LogP contribution in [-0.2, 0) is 9.59 Å². The molecular formula is C15H30N2O2. The van der Waals surface area contributed by atoms with Crippen LogP contribution in [0, 0.1) is 17.3 Å². The van der Waals surface area contributed by atoms with Gasteiger partial charge in [0.25, 0.3) is 0 Å². The van der Waals surface area contributed by atoms with Crippen LogP contribution in [-0.4, -0.2) is 18.4 Å². The van der Waals surface area contributed by atoms with Gasteiger partial charge in [0.15, 0.2) is 0 Å². The summed E-state index contributed by atoms with van der Waals surface area (Å²) in [5.41, 5.74) is 5.51. The second-order valence-corrected chi connectivity index (χ2v) is 6.42. The molecule has 0 saturated carbocycles. The highest BCUT2D eigenvalue weighted by molar-refractivity contribution is 5.86. The fourth-order valence-electron chi connectivity index (χ4n) is 2.35. The molecule has 0 radical (unpaired) electrons. The smallest absolute Gasteiger partial charge is 0.223 e. The summed E-state index contributed by atoms with van der Waals surface area (Å²) in [5, 5.41) is 2.83. The van der Waals surface area contributed by atoms with E-state index < -0.39 is 0 Å². The van der Waals surface area contributed by atoms with Crippen molar-refractivity contribution in [3.8, 4) is 0 Å². The molecule has 0 saturated heterocycles. The summed E-state index contributed by atoms with van der Waals surface area (Å²) in [6, 6.07) is 0. The summed E-state index contributed by atoms with van der Waals surface area (Å²) in [5.74, 6) is -1.07. The first-order valence-corrected chi connectivity index (χ1v) is 7.30. The molecule has 4 heteroatoms. The zero-order chi connectivity index (χ0) is 15.1. The van der Waals surface area contributed by atoms with Gasteiger partial charge < -0.3 is 11.1 Å². The first-order valence-electron chi connectivity index (χ1n) is 7.30. The minimum absolute atomic E-state index is 0.00430. The molecule has 1 unspecified atom stereocenters. The molecule has 0 aromatic carbocycles. The standard InChI is InChI=1S/C15H30N2O2/c1-6-8-9-11(13(16)18)12(10-15(3,4)5)14(19)17-7-2/h11-12H,6-10H2,1-5H3,(H2,16,18)(H,17,19)/t11-,12?/m0/s1. The van der Waals surface area contributed by atoms with Gasteiger partial charge in [-0.2, -0.15) is 0 Å². The van der Waals surface area contributed by atoms with E-state index in [2.05, 4.69) is 33.0 Å². The summed E-state index contributed by atoms with van der Waals surface area (Å²) in [7, 11) is 0. The molecule has 0 fully saturated rings. The monoisotopic (exact) mass is 270 g/mol. The second kappa shape index (κ2) is 8.18. The van der Waals surface area contributed by atoms with Gasteiger partial charge in [-0.3, -0.25) is 9.59 Å². The van der Waals surface area contributed by atoms with Crippen LogP contribution in [0.4, 0.5) is 0 Å². The first kappa shape index (κ1) is 17.9. The van der Waals surface area contributed by atoms with Gasteiger partial charge in [-0.1, -0.05) is 40.5 Å². The topological polar surface area (TPSA) is 72.2 Å². The van der Waals surface area contributed by atoms with Crippen molar-refractivity contribution < 1.29 is 9.59 Å². The summed E-state index contributed by atoms with van der Waals surface area (Å²) in [4.78, 5) is 23.9. The highest BCUT2D eigenvalue weighted by Gasteiger charge is 2.34. The Balaban J connectivity index is 5.03. The zero-order valence-corrected chi connectivity index (χ0v) is 13.1. The molecule has 19 heavy (non-hydrogen) atoms. The zero-order valence-electron chi connectivity index (χ0n) is 13.1. The van der Waals surface area contributed by atoms with E-state index in [1.807, 2.05) is 6.92 Å². The maximum absolute atomic E-state index is 12.2. The Kier molecular flexibility index (Phi) is 7.72. The molecule has 0 aliphatic carbocycles. The number of nitrogens with two attached hydrogens (primary N) is 1. The van der Waals surface area contributed by atoms with E-state index >= 15 is 0 Å². The van der Waals surface area contributed by atoms with E-state index in [0.29, 0.717) is 19.4 Å². The molecule has 0 aromatic rings. The molecule has 2 amide bonds. The minimum atomic E-state index is -0.356. The largest absolute Gasteiger partial charge is 0.369 e. The van der Waals surface area contributed by atoms with Crippen LogP contribution in [0.2, 0.25) is 0 Å². The van der Waals surface area contributed by atoms with Crippen LogP contribution in [0.5, 0.6) is 0 Å². The second-order valence-electron chi connectivity index (χ2n) is 6.42. The molecule has 0 bridgehead atoms. The van der Waals surface area contributed by atoms with Crippen LogP contribution in [0.1, 0.15) is 60.3 Å². The first-order chi connectivity index (χ1) is 8.72. The number of rotatable bonds is 8. The predicted molar refractivity (Wildman–Crippen MR) is 78.5 cm³/mol. The number of carbonyl (C=O) groups is 2. The van der Waals surface area contributed by atoms with E-state index in [1.165, 1.54) is 0 Å². The number of amides is 2. The van der Waals surface area contributed by atoms with Crippen LogP contribution in [0.25, 0.3) is 0 Å².